The highest BCUT2D eigenvalue weighted by molar-refractivity contribution is 6.35. The fraction of sp³-hybridized carbons (Fsp3) is 0.125. The first kappa shape index (κ1) is 13.3. The van der Waals surface area contributed by atoms with Crippen molar-refractivity contribution in [2.24, 2.45) is 7.05 Å². The van der Waals surface area contributed by atoms with E-state index in [0.717, 1.165) is 27.2 Å². The number of benzene rings is 2. The van der Waals surface area contributed by atoms with Gasteiger partial charge in [-0.2, -0.15) is 0 Å². The van der Waals surface area contributed by atoms with Gasteiger partial charge in [0.1, 0.15) is 12.4 Å². The summed E-state index contributed by atoms with van der Waals surface area (Å²) in [6, 6.07) is 13.3. The number of aromatic nitrogens is 1. The number of hydrogen-bond donors (Lipinski definition) is 0. The number of ether oxygens (including phenoxy) is 1. The van der Waals surface area contributed by atoms with Crippen molar-refractivity contribution >= 4 is 34.1 Å². The third-order valence-corrected chi connectivity index (χ3v) is 3.80. The molecular formula is C16H13Cl2NO. The molecule has 4 heteroatoms. The Bertz CT molecular complexity index is 747. The summed E-state index contributed by atoms with van der Waals surface area (Å²) in [6.07, 6.45) is 2.05. The highest BCUT2D eigenvalue weighted by Gasteiger charge is 2.09. The number of fused-ring (bicyclic) bond motifs is 1. The average molecular weight is 306 g/mol. The molecular weight excluding hydrogens is 293 g/mol. The first-order valence-corrected chi connectivity index (χ1v) is 7.01. The molecule has 0 aliphatic carbocycles. The van der Waals surface area contributed by atoms with Gasteiger partial charge in [-0.1, -0.05) is 35.3 Å². The molecule has 2 nitrogen and oxygen atoms in total. The molecule has 20 heavy (non-hydrogen) atoms. The quantitative estimate of drug-likeness (QED) is 0.659. The number of nitrogens with zero attached hydrogens (tertiary/aromatic N) is 1. The highest BCUT2D eigenvalue weighted by atomic mass is 35.5. The van der Waals surface area contributed by atoms with Crippen LogP contribution < -0.4 is 4.74 Å². The molecule has 102 valence electrons. The SMILES string of the molecule is Cn1cc(COc2ccc(Cl)cc2)c2cccc(Cl)c21. The van der Waals surface area contributed by atoms with E-state index in [9.17, 15) is 0 Å². The molecule has 0 radical (unpaired) electrons. The Morgan fingerprint density at radius 1 is 1.05 bits per heavy atom. The summed E-state index contributed by atoms with van der Waals surface area (Å²) in [6.45, 7) is 0.499. The van der Waals surface area contributed by atoms with Crippen molar-refractivity contribution in [3.05, 3.63) is 64.3 Å². The number of para-hydroxylation sites is 1. The van der Waals surface area contributed by atoms with Gasteiger partial charge in [0.05, 0.1) is 10.5 Å². The lowest BCUT2D eigenvalue weighted by atomic mass is 10.2. The molecule has 0 spiro atoms. The van der Waals surface area contributed by atoms with Gasteiger partial charge in [0.15, 0.2) is 0 Å². The van der Waals surface area contributed by atoms with Crippen LogP contribution >= 0.6 is 23.2 Å². The standard InChI is InChI=1S/C16H13Cl2NO/c1-19-9-11(14-3-2-4-15(18)16(14)19)10-20-13-7-5-12(17)6-8-13/h2-9H,10H2,1H3. The number of aryl methyl sites for hydroxylation is 1. The summed E-state index contributed by atoms with van der Waals surface area (Å²) < 4.78 is 7.82. The fourth-order valence-electron chi connectivity index (χ4n) is 2.31. The number of halogens is 2. The molecule has 0 fully saturated rings. The number of rotatable bonds is 3. The van der Waals surface area contributed by atoms with Crippen LogP contribution in [0.1, 0.15) is 5.56 Å². The van der Waals surface area contributed by atoms with Crippen molar-refractivity contribution < 1.29 is 4.74 Å². The minimum atomic E-state index is 0.499. The van der Waals surface area contributed by atoms with Crippen LogP contribution in [0.4, 0.5) is 0 Å². The van der Waals surface area contributed by atoms with E-state index in [2.05, 4.69) is 6.07 Å². The normalized spacial score (nSPS) is 10.9. The van der Waals surface area contributed by atoms with Crippen LogP contribution in [-0.2, 0) is 13.7 Å². The molecule has 1 aromatic heterocycles. The summed E-state index contributed by atoms with van der Waals surface area (Å²) in [4.78, 5) is 0. The lowest BCUT2D eigenvalue weighted by Gasteiger charge is -2.05. The van der Waals surface area contributed by atoms with Gasteiger partial charge in [-0.25, -0.2) is 0 Å². The van der Waals surface area contributed by atoms with E-state index < -0.39 is 0 Å². The summed E-state index contributed by atoms with van der Waals surface area (Å²) in [5.41, 5.74) is 2.14. The van der Waals surface area contributed by atoms with Gasteiger partial charge < -0.3 is 9.30 Å². The Kier molecular flexibility index (Phi) is 3.60. The maximum atomic E-state index is 6.23. The van der Waals surface area contributed by atoms with Crippen LogP contribution in [0.5, 0.6) is 5.75 Å². The highest BCUT2D eigenvalue weighted by Crippen LogP contribution is 2.28. The predicted molar refractivity (Wildman–Crippen MR) is 83.7 cm³/mol. The second kappa shape index (κ2) is 5.39. The second-order valence-corrected chi connectivity index (χ2v) is 5.49. The summed E-state index contributed by atoms with van der Waals surface area (Å²) in [7, 11) is 1.99. The predicted octanol–water partition coefficient (Wildman–Crippen LogP) is 5.06. The van der Waals surface area contributed by atoms with E-state index in [0.29, 0.717) is 11.6 Å². The Morgan fingerprint density at radius 2 is 1.80 bits per heavy atom. The van der Waals surface area contributed by atoms with Gasteiger partial charge in [-0.15, -0.1) is 0 Å². The Morgan fingerprint density at radius 3 is 2.55 bits per heavy atom. The van der Waals surface area contributed by atoms with Gasteiger partial charge in [-0.3, -0.25) is 0 Å². The third-order valence-electron chi connectivity index (χ3n) is 3.24. The zero-order valence-electron chi connectivity index (χ0n) is 10.9. The van der Waals surface area contributed by atoms with Crippen LogP contribution in [0.2, 0.25) is 10.0 Å². The van der Waals surface area contributed by atoms with Crippen LogP contribution in [0, 0.1) is 0 Å². The lowest BCUT2D eigenvalue weighted by molar-refractivity contribution is 0.307. The largest absolute Gasteiger partial charge is 0.489 e. The van der Waals surface area contributed by atoms with E-state index in [4.69, 9.17) is 27.9 Å². The first-order chi connectivity index (χ1) is 9.65. The van der Waals surface area contributed by atoms with E-state index in [1.54, 1.807) is 0 Å². The van der Waals surface area contributed by atoms with Crippen LogP contribution in [0.25, 0.3) is 10.9 Å². The molecule has 2 aromatic carbocycles. The van der Waals surface area contributed by atoms with Gasteiger partial charge in [0, 0.05) is 29.2 Å². The average Bonchev–Trinajstić information content (AvgIpc) is 2.76. The van der Waals surface area contributed by atoms with Crippen molar-refractivity contribution in [3.8, 4) is 5.75 Å². The maximum Gasteiger partial charge on any atom is 0.119 e. The second-order valence-electron chi connectivity index (χ2n) is 4.64. The van der Waals surface area contributed by atoms with E-state index in [1.165, 1.54) is 0 Å². The molecule has 3 rings (SSSR count). The Balaban J connectivity index is 1.88. The smallest absolute Gasteiger partial charge is 0.119 e. The van der Waals surface area contributed by atoms with Crippen molar-refractivity contribution in [1.82, 2.24) is 4.57 Å². The van der Waals surface area contributed by atoms with Gasteiger partial charge >= 0.3 is 0 Å². The Hall–Kier alpha value is -1.64. The van der Waals surface area contributed by atoms with Gasteiger partial charge in [0.25, 0.3) is 0 Å². The van der Waals surface area contributed by atoms with Crippen molar-refractivity contribution in [2.45, 2.75) is 6.61 Å². The summed E-state index contributed by atoms with van der Waals surface area (Å²) in [5, 5.41) is 2.57. The minimum absolute atomic E-state index is 0.499. The molecule has 3 aromatic rings. The van der Waals surface area contributed by atoms with Crippen molar-refractivity contribution in [1.29, 1.82) is 0 Å². The van der Waals surface area contributed by atoms with E-state index in [-0.39, 0.29) is 0 Å². The minimum Gasteiger partial charge on any atom is -0.489 e. The van der Waals surface area contributed by atoms with Gasteiger partial charge in [-0.05, 0) is 30.3 Å². The van der Waals surface area contributed by atoms with Crippen LogP contribution in [0.15, 0.2) is 48.7 Å². The molecule has 1 heterocycles. The molecule has 0 atom stereocenters. The van der Waals surface area contributed by atoms with Crippen molar-refractivity contribution in [2.75, 3.05) is 0 Å². The molecule has 0 amide bonds. The molecule has 0 N–H and O–H groups in total. The molecule has 0 bridgehead atoms. The zero-order valence-corrected chi connectivity index (χ0v) is 12.4. The van der Waals surface area contributed by atoms with Crippen molar-refractivity contribution in [3.63, 3.8) is 0 Å². The monoisotopic (exact) mass is 305 g/mol. The van der Waals surface area contributed by atoms with E-state index >= 15 is 0 Å². The maximum absolute atomic E-state index is 6.23. The van der Waals surface area contributed by atoms with Gasteiger partial charge in [0.2, 0.25) is 0 Å². The number of hydrogen-bond acceptors (Lipinski definition) is 1. The molecule has 0 aliphatic heterocycles. The fourth-order valence-corrected chi connectivity index (χ4v) is 2.74. The molecule has 0 unspecified atom stereocenters. The zero-order chi connectivity index (χ0) is 14.1. The summed E-state index contributed by atoms with van der Waals surface area (Å²) >= 11 is 12.1. The summed E-state index contributed by atoms with van der Waals surface area (Å²) in [5.74, 6) is 0.799. The topological polar surface area (TPSA) is 14.2 Å². The molecule has 0 saturated heterocycles. The third kappa shape index (κ3) is 2.49. The van der Waals surface area contributed by atoms with Crippen LogP contribution in [-0.4, -0.2) is 4.57 Å². The molecule has 0 aliphatic rings. The van der Waals surface area contributed by atoms with Crippen LogP contribution in [0.3, 0.4) is 0 Å². The Labute approximate surface area is 127 Å². The molecule has 0 saturated carbocycles. The van der Waals surface area contributed by atoms with E-state index in [1.807, 2.05) is 54.2 Å². The lowest BCUT2D eigenvalue weighted by Crippen LogP contribution is -1.94. The first-order valence-electron chi connectivity index (χ1n) is 6.26.